The molecule has 1 unspecified atom stereocenters. The van der Waals surface area contributed by atoms with Crippen LogP contribution in [0.2, 0.25) is 0 Å². The molecule has 0 saturated heterocycles. The fraction of sp³-hybridized carbons (Fsp3) is 1.00. The molecule has 5 heteroatoms. The molecule has 0 aromatic heterocycles. The Bertz CT molecular complexity index is 248. The summed E-state index contributed by atoms with van der Waals surface area (Å²) >= 11 is 0. The zero-order valence-corrected chi connectivity index (χ0v) is 14.5. The van der Waals surface area contributed by atoms with Crippen LogP contribution in [0.25, 0.3) is 0 Å². The van der Waals surface area contributed by atoms with Crippen molar-refractivity contribution >= 4 is 7.75 Å². The van der Waals surface area contributed by atoms with Crippen LogP contribution in [0, 0.1) is 0 Å². The van der Waals surface area contributed by atoms with Crippen LogP contribution in [-0.2, 0) is 9.09 Å². The highest BCUT2D eigenvalue weighted by Crippen LogP contribution is 2.45. The molecular formula is C15H34NO3P. The summed E-state index contributed by atoms with van der Waals surface area (Å²) in [6.07, 6.45) is 11.6. The molecule has 0 aliphatic rings. The van der Waals surface area contributed by atoms with Gasteiger partial charge in [0.2, 0.25) is 0 Å². The molecule has 122 valence electrons. The van der Waals surface area contributed by atoms with E-state index in [1.807, 2.05) is 0 Å². The molecule has 0 heterocycles. The lowest BCUT2D eigenvalue weighted by Gasteiger charge is -2.25. The molecule has 1 N–H and O–H groups in total. The van der Waals surface area contributed by atoms with Crippen molar-refractivity contribution in [3.05, 3.63) is 0 Å². The largest absolute Gasteiger partial charge is 0.405 e. The van der Waals surface area contributed by atoms with E-state index >= 15 is 0 Å². The van der Waals surface area contributed by atoms with Crippen molar-refractivity contribution < 1.29 is 14.0 Å². The predicted octanol–water partition coefficient (Wildman–Crippen LogP) is 4.98. The Hall–Kier alpha value is 0.110. The average molecular weight is 307 g/mol. The number of hydrogen-bond donors (Lipinski definition) is 1. The number of rotatable bonds is 14. The Kier molecular flexibility index (Phi) is 12.9. The summed E-state index contributed by atoms with van der Waals surface area (Å²) in [5.41, 5.74) is 0. The van der Waals surface area contributed by atoms with E-state index in [-0.39, 0.29) is 0 Å². The lowest BCUT2D eigenvalue weighted by atomic mass is 10.1. The van der Waals surface area contributed by atoms with Gasteiger partial charge in [-0.2, -0.15) is 0 Å². The minimum Gasteiger partial charge on any atom is -0.312 e. The third kappa shape index (κ3) is 9.93. The molecular weight excluding hydrogens is 273 g/mol. The smallest absolute Gasteiger partial charge is 0.312 e. The highest BCUT2D eigenvalue weighted by Gasteiger charge is 2.26. The summed E-state index contributed by atoms with van der Waals surface area (Å²) in [6.45, 7) is 5.71. The fourth-order valence-corrected chi connectivity index (χ4v) is 3.30. The van der Waals surface area contributed by atoms with E-state index in [0.717, 1.165) is 25.7 Å². The molecule has 0 aliphatic carbocycles. The van der Waals surface area contributed by atoms with Crippen molar-refractivity contribution in [1.82, 2.24) is 4.67 Å². The number of unbranched alkanes of at least 4 members (excludes halogenated alkanes) is 8. The second kappa shape index (κ2) is 12.8. The predicted molar refractivity (Wildman–Crippen MR) is 85.9 cm³/mol. The van der Waals surface area contributed by atoms with Crippen molar-refractivity contribution in [2.45, 2.75) is 78.1 Å². The zero-order chi connectivity index (χ0) is 15.3. The van der Waals surface area contributed by atoms with Gasteiger partial charge in [0.25, 0.3) is 0 Å². The summed E-state index contributed by atoms with van der Waals surface area (Å²) < 4.78 is 18.4. The van der Waals surface area contributed by atoms with Crippen molar-refractivity contribution in [1.29, 1.82) is 0 Å². The Morgan fingerprint density at radius 2 is 1.25 bits per heavy atom. The van der Waals surface area contributed by atoms with Crippen molar-refractivity contribution in [2.24, 2.45) is 0 Å². The maximum atomic E-state index is 12.0. The fourth-order valence-electron chi connectivity index (χ4n) is 2.28. The average Bonchev–Trinajstić information content (AvgIpc) is 2.44. The van der Waals surface area contributed by atoms with Gasteiger partial charge in [-0.15, -0.1) is 0 Å². The summed E-state index contributed by atoms with van der Waals surface area (Å²) in [6, 6.07) is 0. The second-order valence-corrected chi connectivity index (χ2v) is 7.37. The molecule has 0 aromatic carbocycles. The molecule has 0 amide bonds. The first-order valence-corrected chi connectivity index (χ1v) is 9.75. The van der Waals surface area contributed by atoms with Gasteiger partial charge in [0.05, 0.1) is 0 Å². The van der Waals surface area contributed by atoms with Crippen LogP contribution in [-0.4, -0.2) is 29.8 Å². The number of nitrogens with zero attached hydrogens (tertiary/aromatic N) is 1. The Balaban J connectivity index is 3.99. The monoisotopic (exact) mass is 307 g/mol. The van der Waals surface area contributed by atoms with E-state index in [4.69, 9.17) is 4.52 Å². The highest BCUT2D eigenvalue weighted by molar-refractivity contribution is 7.50. The topological polar surface area (TPSA) is 49.8 Å². The first-order valence-electron chi connectivity index (χ1n) is 8.22. The van der Waals surface area contributed by atoms with Gasteiger partial charge in [-0.3, -0.25) is 0 Å². The van der Waals surface area contributed by atoms with Crippen LogP contribution in [0.15, 0.2) is 0 Å². The van der Waals surface area contributed by atoms with Crippen molar-refractivity contribution in [3.8, 4) is 0 Å². The van der Waals surface area contributed by atoms with Gasteiger partial charge in [-0.05, 0) is 12.8 Å². The third-order valence-corrected chi connectivity index (χ3v) is 5.23. The lowest BCUT2D eigenvalue weighted by molar-refractivity contribution is 0.230. The van der Waals surface area contributed by atoms with E-state index < -0.39 is 7.75 Å². The molecule has 0 rings (SSSR count). The molecule has 1 atom stereocenters. The summed E-state index contributed by atoms with van der Waals surface area (Å²) in [4.78, 5) is 9.85. The van der Waals surface area contributed by atoms with Gasteiger partial charge in [-0.1, -0.05) is 65.2 Å². The summed E-state index contributed by atoms with van der Waals surface area (Å²) in [7, 11) is -2.24. The molecule has 0 saturated carbocycles. The van der Waals surface area contributed by atoms with Gasteiger partial charge in [0, 0.05) is 20.2 Å². The molecule has 0 radical (unpaired) electrons. The van der Waals surface area contributed by atoms with Gasteiger partial charge < -0.3 is 9.42 Å². The van der Waals surface area contributed by atoms with Crippen LogP contribution in [0.1, 0.15) is 78.1 Å². The van der Waals surface area contributed by atoms with Crippen LogP contribution < -0.4 is 0 Å². The van der Waals surface area contributed by atoms with Gasteiger partial charge >= 0.3 is 7.75 Å². The standard InChI is InChI=1S/C15H34NO3P/c1-4-6-8-10-12-14-16(20(17,18)19-3)15-13-11-9-7-5-2/h4-15H2,1-3H3,(H,17,18). The lowest BCUT2D eigenvalue weighted by Crippen LogP contribution is -2.23. The minimum atomic E-state index is -3.56. The van der Waals surface area contributed by atoms with Crippen LogP contribution >= 0.6 is 7.75 Å². The van der Waals surface area contributed by atoms with Crippen LogP contribution in [0.3, 0.4) is 0 Å². The molecule has 0 bridgehead atoms. The molecule has 20 heavy (non-hydrogen) atoms. The molecule has 0 aromatic rings. The normalized spacial score (nSPS) is 14.7. The quantitative estimate of drug-likeness (QED) is 0.363. The SMILES string of the molecule is CCCCCCCN(CCCCCCC)P(=O)(O)OC. The van der Waals surface area contributed by atoms with Gasteiger partial charge in [-0.25, -0.2) is 9.24 Å². The Morgan fingerprint density at radius 1 is 0.850 bits per heavy atom. The van der Waals surface area contributed by atoms with E-state index in [0.29, 0.717) is 13.1 Å². The van der Waals surface area contributed by atoms with Gasteiger partial charge in [0.1, 0.15) is 0 Å². The van der Waals surface area contributed by atoms with E-state index in [1.165, 1.54) is 45.6 Å². The molecule has 0 aliphatic heterocycles. The highest BCUT2D eigenvalue weighted by atomic mass is 31.2. The van der Waals surface area contributed by atoms with E-state index in [1.54, 1.807) is 4.67 Å². The Labute approximate surface area is 125 Å². The summed E-state index contributed by atoms with van der Waals surface area (Å²) in [5.74, 6) is 0. The second-order valence-electron chi connectivity index (χ2n) is 5.46. The van der Waals surface area contributed by atoms with E-state index in [2.05, 4.69) is 13.8 Å². The van der Waals surface area contributed by atoms with Crippen LogP contribution in [0.4, 0.5) is 0 Å². The maximum Gasteiger partial charge on any atom is 0.405 e. The first kappa shape index (κ1) is 20.1. The molecule has 0 fully saturated rings. The van der Waals surface area contributed by atoms with Crippen molar-refractivity contribution in [2.75, 3.05) is 20.2 Å². The maximum absolute atomic E-state index is 12.0. The zero-order valence-electron chi connectivity index (χ0n) is 13.6. The number of hydrogen-bond acceptors (Lipinski definition) is 2. The Morgan fingerprint density at radius 3 is 1.60 bits per heavy atom. The minimum absolute atomic E-state index is 0.666. The first-order chi connectivity index (χ1) is 9.58. The van der Waals surface area contributed by atoms with Crippen LogP contribution in [0.5, 0.6) is 0 Å². The van der Waals surface area contributed by atoms with Crippen molar-refractivity contribution in [3.63, 3.8) is 0 Å². The van der Waals surface area contributed by atoms with E-state index in [9.17, 15) is 9.46 Å². The third-order valence-electron chi connectivity index (χ3n) is 3.63. The summed E-state index contributed by atoms with van der Waals surface area (Å²) in [5, 5.41) is 0. The van der Waals surface area contributed by atoms with Gasteiger partial charge in [0.15, 0.2) is 0 Å². The molecule has 0 spiro atoms. The molecule has 4 nitrogen and oxygen atoms in total.